The van der Waals surface area contributed by atoms with Gasteiger partial charge in [0.05, 0.1) is 0 Å². The molecule has 3 aliphatic rings. The smallest absolute Gasteiger partial charge is 0.273 e. The van der Waals surface area contributed by atoms with Crippen LogP contribution in [0.2, 0.25) is 0 Å². The first-order valence-electron chi connectivity index (χ1n) is 12.6. The molecule has 2 aliphatic carbocycles. The van der Waals surface area contributed by atoms with E-state index >= 15 is 0 Å². The number of carbonyl (C=O) groups excluding carboxylic acids is 1. The molecule has 1 aromatic carbocycles. The molecule has 6 rings (SSSR count). The molecule has 3 aromatic rings. The molecule has 3 heterocycles. The van der Waals surface area contributed by atoms with E-state index in [1.54, 1.807) is 6.33 Å². The second kappa shape index (κ2) is 8.87. The predicted molar refractivity (Wildman–Crippen MR) is 137 cm³/mol. The van der Waals surface area contributed by atoms with E-state index in [-0.39, 0.29) is 11.8 Å². The minimum Gasteiger partial charge on any atom is -0.321 e. The van der Waals surface area contributed by atoms with Crippen LogP contribution in [0.4, 0.5) is 5.69 Å². The first-order chi connectivity index (χ1) is 17.1. The van der Waals surface area contributed by atoms with Crippen LogP contribution in [0.1, 0.15) is 62.7 Å². The number of benzene rings is 1. The van der Waals surface area contributed by atoms with Gasteiger partial charge in [0.1, 0.15) is 12.0 Å². The standard InChI is InChI=1S/C28H30N6O/c1-17-14-29-26(13-24(17)22-10-11-25(30-15-22)20-8-9-20)28(35)32-23-5-3-4-21(12-23)27-33-31-16-34(27)18(2)19-6-7-19/h3-5,10-13,15-20H,6-9,14H2,1-2H3,(H,32,35). The minimum atomic E-state index is -0.207. The van der Waals surface area contributed by atoms with E-state index < -0.39 is 0 Å². The summed E-state index contributed by atoms with van der Waals surface area (Å²) in [6.07, 6.45) is 10.6. The lowest BCUT2D eigenvalue weighted by Crippen LogP contribution is -2.25. The van der Waals surface area contributed by atoms with Crippen molar-refractivity contribution in [3.63, 3.8) is 0 Å². The summed E-state index contributed by atoms with van der Waals surface area (Å²) in [5, 5.41) is 11.5. The van der Waals surface area contributed by atoms with Crippen LogP contribution in [-0.2, 0) is 4.79 Å². The summed E-state index contributed by atoms with van der Waals surface area (Å²) in [7, 11) is 0. The molecule has 0 saturated heterocycles. The van der Waals surface area contributed by atoms with Crippen LogP contribution < -0.4 is 5.32 Å². The van der Waals surface area contributed by atoms with Crippen molar-refractivity contribution in [3.05, 3.63) is 66.3 Å². The maximum absolute atomic E-state index is 13.1. The Morgan fingerprint density at radius 2 is 1.97 bits per heavy atom. The highest BCUT2D eigenvalue weighted by atomic mass is 16.1. The molecule has 2 unspecified atom stereocenters. The van der Waals surface area contributed by atoms with Crippen molar-refractivity contribution < 1.29 is 4.79 Å². The normalized spacial score (nSPS) is 20.7. The van der Waals surface area contributed by atoms with Crippen molar-refractivity contribution in [1.82, 2.24) is 19.7 Å². The lowest BCUT2D eigenvalue weighted by atomic mass is 9.91. The Balaban J connectivity index is 1.20. The topological polar surface area (TPSA) is 85.1 Å². The van der Waals surface area contributed by atoms with Crippen LogP contribution >= 0.6 is 0 Å². The van der Waals surface area contributed by atoms with Crippen LogP contribution in [0.3, 0.4) is 0 Å². The number of nitrogens with one attached hydrogen (secondary N) is 1. The number of nitrogens with zero attached hydrogens (tertiary/aromatic N) is 5. The summed E-state index contributed by atoms with van der Waals surface area (Å²) in [6, 6.07) is 12.4. The Bertz CT molecular complexity index is 1310. The molecule has 1 aliphatic heterocycles. The van der Waals surface area contributed by atoms with Gasteiger partial charge in [0.15, 0.2) is 5.82 Å². The average Bonchev–Trinajstić information content (AvgIpc) is 3.81. The van der Waals surface area contributed by atoms with Crippen molar-refractivity contribution in [3.8, 4) is 11.4 Å². The number of amides is 1. The Labute approximate surface area is 205 Å². The second-order valence-electron chi connectivity index (χ2n) is 10.1. The second-order valence-corrected chi connectivity index (χ2v) is 10.1. The maximum atomic E-state index is 13.1. The molecule has 2 aromatic heterocycles. The number of carbonyl (C=O) groups is 1. The molecule has 7 heteroatoms. The lowest BCUT2D eigenvalue weighted by Gasteiger charge is -2.20. The number of hydrogen-bond donors (Lipinski definition) is 1. The average molecular weight is 467 g/mol. The molecule has 178 valence electrons. The van der Waals surface area contributed by atoms with Crippen molar-refractivity contribution in [1.29, 1.82) is 0 Å². The van der Waals surface area contributed by atoms with Gasteiger partial charge in [-0.2, -0.15) is 0 Å². The summed E-state index contributed by atoms with van der Waals surface area (Å²) >= 11 is 0. The van der Waals surface area contributed by atoms with Gasteiger partial charge in [-0.3, -0.25) is 14.8 Å². The van der Waals surface area contributed by atoms with Crippen molar-refractivity contribution in [2.24, 2.45) is 16.8 Å². The van der Waals surface area contributed by atoms with Gasteiger partial charge in [-0.1, -0.05) is 25.1 Å². The minimum absolute atomic E-state index is 0.207. The van der Waals surface area contributed by atoms with Gasteiger partial charge in [-0.25, -0.2) is 0 Å². The zero-order valence-corrected chi connectivity index (χ0v) is 20.2. The Hall–Kier alpha value is -3.61. The summed E-state index contributed by atoms with van der Waals surface area (Å²) in [5.74, 6) is 2.19. The van der Waals surface area contributed by atoms with Crippen LogP contribution in [0, 0.1) is 11.8 Å². The number of anilines is 1. The number of pyridine rings is 1. The Morgan fingerprint density at radius 3 is 2.71 bits per heavy atom. The highest BCUT2D eigenvalue weighted by Gasteiger charge is 2.31. The van der Waals surface area contributed by atoms with E-state index in [0.717, 1.165) is 22.5 Å². The third-order valence-corrected chi connectivity index (χ3v) is 7.40. The fraction of sp³-hybridized carbons (Fsp3) is 0.393. The largest absolute Gasteiger partial charge is 0.321 e. The van der Waals surface area contributed by atoms with Gasteiger partial charge in [0.2, 0.25) is 0 Å². The van der Waals surface area contributed by atoms with E-state index in [9.17, 15) is 4.79 Å². The Morgan fingerprint density at radius 1 is 1.11 bits per heavy atom. The maximum Gasteiger partial charge on any atom is 0.273 e. The summed E-state index contributed by atoms with van der Waals surface area (Å²) in [4.78, 5) is 22.4. The lowest BCUT2D eigenvalue weighted by molar-refractivity contribution is -0.110. The van der Waals surface area contributed by atoms with E-state index in [0.29, 0.717) is 35.8 Å². The fourth-order valence-electron chi connectivity index (χ4n) is 4.85. The third-order valence-electron chi connectivity index (χ3n) is 7.40. The molecule has 1 amide bonds. The van der Waals surface area contributed by atoms with Crippen LogP contribution in [0.25, 0.3) is 17.0 Å². The Kier molecular flexibility index (Phi) is 5.55. The van der Waals surface area contributed by atoms with E-state index in [1.165, 1.54) is 31.4 Å². The van der Waals surface area contributed by atoms with Crippen LogP contribution in [0.15, 0.2) is 60.0 Å². The van der Waals surface area contributed by atoms with Gasteiger partial charge in [-0.05, 0) is 73.9 Å². The third kappa shape index (κ3) is 4.55. The first-order valence-corrected chi connectivity index (χ1v) is 12.6. The summed E-state index contributed by atoms with van der Waals surface area (Å²) in [5.41, 5.74) is 5.44. The SMILES string of the molecule is CC1CN=C(C(=O)Nc2cccc(-c3nncn3C(C)C3CC3)c2)C=C1c1ccc(C2CC2)nc1. The van der Waals surface area contributed by atoms with Crippen LogP contribution in [-0.4, -0.2) is 37.9 Å². The number of dihydropyridines is 1. The van der Waals surface area contributed by atoms with Gasteiger partial charge >= 0.3 is 0 Å². The van der Waals surface area contributed by atoms with Gasteiger partial charge in [0, 0.05) is 47.6 Å². The van der Waals surface area contributed by atoms with Gasteiger partial charge in [0.25, 0.3) is 5.91 Å². The number of rotatable bonds is 7. The number of aromatic nitrogens is 4. The predicted octanol–water partition coefficient (Wildman–Crippen LogP) is 5.30. The monoisotopic (exact) mass is 466 g/mol. The molecule has 35 heavy (non-hydrogen) atoms. The summed E-state index contributed by atoms with van der Waals surface area (Å²) in [6.45, 7) is 4.94. The highest BCUT2D eigenvalue weighted by molar-refractivity contribution is 6.48. The highest BCUT2D eigenvalue weighted by Crippen LogP contribution is 2.41. The van der Waals surface area contributed by atoms with E-state index in [4.69, 9.17) is 0 Å². The van der Waals surface area contributed by atoms with E-state index in [1.807, 2.05) is 36.5 Å². The van der Waals surface area contributed by atoms with Crippen molar-refractivity contribution >= 4 is 22.9 Å². The van der Waals surface area contributed by atoms with E-state index in [2.05, 4.69) is 56.0 Å². The quantitative estimate of drug-likeness (QED) is 0.512. The molecular formula is C28H30N6O. The van der Waals surface area contributed by atoms with Gasteiger partial charge < -0.3 is 9.88 Å². The molecule has 2 saturated carbocycles. The molecular weight excluding hydrogens is 436 g/mol. The van der Waals surface area contributed by atoms with Gasteiger partial charge in [-0.15, -0.1) is 10.2 Å². The zero-order chi connectivity index (χ0) is 23.9. The molecule has 2 fully saturated rings. The summed E-state index contributed by atoms with van der Waals surface area (Å²) < 4.78 is 2.14. The molecule has 2 atom stereocenters. The molecule has 1 N–H and O–H groups in total. The number of hydrogen-bond acceptors (Lipinski definition) is 5. The number of aliphatic imine (C=N–C) groups is 1. The first kappa shape index (κ1) is 21.9. The zero-order valence-electron chi connectivity index (χ0n) is 20.2. The molecule has 7 nitrogen and oxygen atoms in total. The van der Waals surface area contributed by atoms with Crippen molar-refractivity contribution in [2.75, 3.05) is 11.9 Å². The fourth-order valence-corrected chi connectivity index (χ4v) is 4.85. The van der Waals surface area contributed by atoms with Crippen LogP contribution in [0.5, 0.6) is 0 Å². The molecule has 0 spiro atoms. The molecule has 0 bridgehead atoms. The molecule has 0 radical (unpaired) electrons. The van der Waals surface area contributed by atoms with Crippen molar-refractivity contribution in [2.45, 2.75) is 51.5 Å².